The van der Waals surface area contributed by atoms with E-state index in [9.17, 15) is 9.18 Å². The van der Waals surface area contributed by atoms with Crippen LogP contribution in [0, 0.1) is 5.82 Å². The molecule has 0 saturated heterocycles. The number of halogens is 1. The summed E-state index contributed by atoms with van der Waals surface area (Å²) in [5, 5.41) is 6.31. The Morgan fingerprint density at radius 2 is 2.19 bits per heavy atom. The Balaban J connectivity index is 2.08. The number of carbonyl (C=O) groups is 1. The third-order valence-electron chi connectivity index (χ3n) is 2.39. The Hall–Kier alpha value is -1.91. The van der Waals surface area contributed by atoms with Crippen molar-refractivity contribution in [1.29, 1.82) is 0 Å². The highest BCUT2D eigenvalue weighted by Crippen LogP contribution is 2.16. The highest BCUT2D eigenvalue weighted by molar-refractivity contribution is 6.03. The van der Waals surface area contributed by atoms with Gasteiger partial charge >= 0.3 is 0 Å². The zero-order chi connectivity index (χ0) is 11.5. The number of nitrogens with zero attached hydrogens (tertiary/aromatic N) is 1. The second-order valence-electron chi connectivity index (χ2n) is 3.46. The number of hydrogen-bond donors (Lipinski definition) is 1. The topological polar surface area (TPSA) is 50.7 Å². The molecule has 1 aliphatic rings. The summed E-state index contributed by atoms with van der Waals surface area (Å²) in [6, 6.07) is 5.93. The van der Waals surface area contributed by atoms with E-state index in [1.54, 1.807) is 19.2 Å². The van der Waals surface area contributed by atoms with Crippen LogP contribution in [0.1, 0.15) is 12.0 Å². The highest BCUT2D eigenvalue weighted by atomic mass is 19.1. The molecular formula is C11H11FN2O2. The number of hydrogen-bond acceptors (Lipinski definition) is 3. The van der Waals surface area contributed by atoms with E-state index in [2.05, 4.69) is 10.5 Å². The van der Waals surface area contributed by atoms with Crippen molar-refractivity contribution < 1.29 is 14.0 Å². The van der Waals surface area contributed by atoms with E-state index in [4.69, 9.17) is 4.84 Å². The molecule has 1 amide bonds. The van der Waals surface area contributed by atoms with Gasteiger partial charge in [0.15, 0.2) is 0 Å². The molecule has 0 radical (unpaired) electrons. The first-order valence-electron chi connectivity index (χ1n) is 4.91. The maximum atomic E-state index is 12.7. The Morgan fingerprint density at radius 1 is 1.50 bits per heavy atom. The lowest BCUT2D eigenvalue weighted by atomic mass is 10.0. The first-order chi connectivity index (χ1) is 7.70. The number of amides is 1. The predicted molar refractivity (Wildman–Crippen MR) is 56.5 cm³/mol. The molecule has 0 aromatic heterocycles. The Labute approximate surface area is 92.1 Å². The summed E-state index contributed by atoms with van der Waals surface area (Å²) in [7, 11) is 1.54. The van der Waals surface area contributed by atoms with Crippen LogP contribution >= 0.6 is 0 Å². The van der Waals surface area contributed by atoms with Crippen molar-refractivity contribution in [3.63, 3.8) is 0 Å². The van der Waals surface area contributed by atoms with Gasteiger partial charge in [-0.1, -0.05) is 17.3 Å². The van der Waals surface area contributed by atoms with Gasteiger partial charge in [-0.15, -0.1) is 0 Å². The van der Waals surface area contributed by atoms with Crippen LogP contribution in [0.3, 0.4) is 0 Å². The zero-order valence-electron chi connectivity index (χ0n) is 8.74. The molecule has 1 aromatic rings. The number of oxime groups is 1. The third kappa shape index (κ3) is 2.03. The van der Waals surface area contributed by atoms with Gasteiger partial charge in [0, 0.05) is 13.5 Å². The van der Waals surface area contributed by atoms with Gasteiger partial charge < -0.3 is 10.2 Å². The van der Waals surface area contributed by atoms with Crippen molar-refractivity contribution in [2.75, 3.05) is 7.05 Å². The lowest BCUT2D eigenvalue weighted by Gasteiger charge is -2.04. The van der Waals surface area contributed by atoms with E-state index >= 15 is 0 Å². The molecule has 1 aromatic carbocycles. The van der Waals surface area contributed by atoms with Gasteiger partial charge in [0.25, 0.3) is 5.91 Å². The molecule has 5 heteroatoms. The van der Waals surface area contributed by atoms with E-state index in [-0.39, 0.29) is 11.7 Å². The summed E-state index contributed by atoms with van der Waals surface area (Å²) in [6.07, 6.45) is -0.171. The second-order valence-corrected chi connectivity index (χ2v) is 3.46. The standard InChI is InChI=1S/C11H11FN2O2/c1-13-11(15)10-6-9(14-16-10)7-2-4-8(12)5-3-7/h2-5,10H,6H2,1H3,(H,13,15). The molecule has 0 fully saturated rings. The van der Waals surface area contributed by atoms with Crippen molar-refractivity contribution >= 4 is 11.6 Å². The van der Waals surface area contributed by atoms with Crippen LogP contribution < -0.4 is 5.32 Å². The molecule has 0 spiro atoms. The molecule has 16 heavy (non-hydrogen) atoms. The Morgan fingerprint density at radius 3 is 2.81 bits per heavy atom. The number of carbonyl (C=O) groups excluding carboxylic acids is 1. The molecule has 1 unspecified atom stereocenters. The average Bonchev–Trinajstić information content (AvgIpc) is 2.78. The minimum atomic E-state index is -0.579. The Kier molecular flexibility index (Phi) is 2.85. The van der Waals surface area contributed by atoms with Crippen LogP contribution in [0.5, 0.6) is 0 Å². The molecule has 1 heterocycles. The van der Waals surface area contributed by atoms with E-state index in [0.717, 1.165) is 5.56 Å². The molecule has 2 rings (SSSR count). The molecule has 84 valence electrons. The molecule has 1 aliphatic heterocycles. The van der Waals surface area contributed by atoms with Crippen molar-refractivity contribution in [3.8, 4) is 0 Å². The van der Waals surface area contributed by atoms with Gasteiger partial charge in [-0.3, -0.25) is 4.79 Å². The molecule has 1 atom stereocenters. The Bertz CT molecular complexity index is 428. The van der Waals surface area contributed by atoms with Gasteiger partial charge in [0.05, 0.1) is 5.71 Å². The SMILES string of the molecule is CNC(=O)C1CC(c2ccc(F)cc2)=NO1. The van der Waals surface area contributed by atoms with Gasteiger partial charge in [-0.05, 0) is 17.7 Å². The average molecular weight is 222 g/mol. The number of nitrogens with one attached hydrogen (secondary N) is 1. The molecular weight excluding hydrogens is 211 g/mol. The maximum absolute atomic E-state index is 12.7. The molecule has 1 N–H and O–H groups in total. The molecule has 4 nitrogen and oxygen atoms in total. The number of benzene rings is 1. The summed E-state index contributed by atoms with van der Waals surface area (Å²) in [5.74, 6) is -0.507. The summed E-state index contributed by atoms with van der Waals surface area (Å²) in [4.78, 5) is 16.3. The van der Waals surface area contributed by atoms with Crippen LogP contribution in [0.2, 0.25) is 0 Å². The molecule has 0 saturated carbocycles. The number of rotatable bonds is 2. The highest BCUT2D eigenvalue weighted by Gasteiger charge is 2.27. The van der Waals surface area contributed by atoms with Crippen molar-refractivity contribution in [2.45, 2.75) is 12.5 Å². The van der Waals surface area contributed by atoms with Crippen LogP contribution in [-0.4, -0.2) is 24.8 Å². The van der Waals surface area contributed by atoms with E-state index in [1.807, 2.05) is 0 Å². The zero-order valence-corrected chi connectivity index (χ0v) is 8.74. The first kappa shape index (κ1) is 10.6. The van der Waals surface area contributed by atoms with Gasteiger partial charge in [0.2, 0.25) is 6.10 Å². The van der Waals surface area contributed by atoms with Crippen LogP contribution in [0.25, 0.3) is 0 Å². The van der Waals surface area contributed by atoms with Gasteiger partial charge in [-0.2, -0.15) is 0 Å². The minimum Gasteiger partial charge on any atom is -0.382 e. The van der Waals surface area contributed by atoms with E-state index in [0.29, 0.717) is 12.1 Å². The van der Waals surface area contributed by atoms with Crippen LogP contribution in [0.15, 0.2) is 29.4 Å². The van der Waals surface area contributed by atoms with E-state index in [1.165, 1.54) is 12.1 Å². The fourth-order valence-electron chi connectivity index (χ4n) is 1.49. The van der Waals surface area contributed by atoms with Crippen LogP contribution in [0.4, 0.5) is 4.39 Å². The van der Waals surface area contributed by atoms with Crippen molar-refractivity contribution in [2.24, 2.45) is 5.16 Å². The number of likely N-dealkylation sites (N-methyl/N-ethyl adjacent to an activating group) is 1. The summed E-state index contributed by atoms with van der Waals surface area (Å²) in [6.45, 7) is 0. The minimum absolute atomic E-state index is 0.208. The smallest absolute Gasteiger partial charge is 0.264 e. The van der Waals surface area contributed by atoms with Crippen LogP contribution in [-0.2, 0) is 9.63 Å². The summed E-state index contributed by atoms with van der Waals surface area (Å²) in [5.41, 5.74) is 1.43. The van der Waals surface area contributed by atoms with Gasteiger partial charge in [-0.25, -0.2) is 4.39 Å². The lowest BCUT2D eigenvalue weighted by Crippen LogP contribution is -2.31. The van der Waals surface area contributed by atoms with Crippen molar-refractivity contribution in [3.05, 3.63) is 35.6 Å². The fourth-order valence-corrected chi connectivity index (χ4v) is 1.49. The fraction of sp³-hybridized carbons (Fsp3) is 0.273. The lowest BCUT2D eigenvalue weighted by molar-refractivity contribution is -0.130. The first-order valence-corrected chi connectivity index (χ1v) is 4.91. The summed E-state index contributed by atoms with van der Waals surface area (Å²) < 4.78 is 12.7. The largest absolute Gasteiger partial charge is 0.382 e. The second kappa shape index (κ2) is 4.30. The summed E-state index contributed by atoms with van der Waals surface area (Å²) >= 11 is 0. The quantitative estimate of drug-likeness (QED) is 0.813. The maximum Gasteiger partial charge on any atom is 0.264 e. The van der Waals surface area contributed by atoms with E-state index < -0.39 is 6.10 Å². The van der Waals surface area contributed by atoms with Crippen molar-refractivity contribution in [1.82, 2.24) is 5.32 Å². The molecule has 0 aliphatic carbocycles. The normalized spacial score (nSPS) is 18.9. The monoisotopic (exact) mass is 222 g/mol. The molecule has 0 bridgehead atoms. The third-order valence-corrected chi connectivity index (χ3v) is 2.39. The van der Waals surface area contributed by atoms with Gasteiger partial charge in [0.1, 0.15) is 5.82 Å². The predicted octanol–water partition coefficient (Wildman–Crippen LogP) is 1.06.